The van der Waals surface area contributed by atoms with Crippen LogP contribution in [0.15, 0.2) is 24.3 Å². The predicted molar refractivity (Wildman–Crippen MR) is 115 cm³/mol. The van der Waals surface area contributed by atoms with Crippen LogP contribution < -0.4 is 15.5 Å². The second-order valence-corrected chi connectivity index (χ2v) is 7.79. The Hall–Kier alpha value is -2.87. The molecule has 0 spiro atoms. The Morgan fingerprint density at radius 2 is 1.79 bits per heavy atom. The SMILES string of the molecule is CN(C)CCNC(=O)c1nc(C(=O)Nc2ccc(N(C)C)cc2)n2c1CCCC2. The number of amides is 2. The van der Waals surface area contributed by atoms with E-state index in [9.17, 15) is 9.59 Å². The van der Waals surface area contributed by atoms with Crippen LogP contribution in [0, 0.1) is 0 Å². The van der Waals surface area contributed by atoms with E-state index in [2.05, 4.69) is 15.6 Å². The third kappa shape index (κ3) is 4.95. The number of carbonyl (C=O) groups is 2. The molecule has 1 aliphatic heterocycles. The van der Waals surface area contributed by atoms with Crippen LogP contribution in [0.1, 0.15) is 39.6 Å². The number of fused-ring (bicyclic) bond motifs is 1. The van der Waals surface area contributed by atoms with Crippen molar-refractivity contribution in [2.24, 2.45) is 0 Å². The van der Waals surface area contributed by atoms with E-state index in [1.807, 2.05) is 66.8 Å². The van der Waals surface area contributed by atoms with Crippen molar-refractivity contribution in [2.45, 2.75) is 25.8 Å². The van der Waals surface area contributed by atoms with Crippen LogP contribution in [0.4, 0.5) is 11.4 Å². The fourth-order valence-electron chi connectivity index (χ4n) is 3.40. The summed E-state index contributed by atoms with van der Waals surface area (Å²) in [5.41, 5.74) is 2.98. The maximum Gasteiger partial charge on any atom is 0.291 e. The van der Waals surface area contributed by atoms with E-state index in [1.54, 1.807) is 0 Å². The standard InChI is InChI=1S/C21H30N6O2/c1-25(2)14-12-22-20(28)18-17-7-5-6-13-27(17)19(24-18)21(29)23-15-8-10-16(11-9-15)26(3)4/h8-11H,5-7,12-14H2,1-4H3,(H,22,28)(H,23,29). The third-order valence-electron chi connectivity index (χ3n) is 5.02. The molecule has 0 atom stereocenters. The van der Waals surface area contributed by atoms with Crippen molar-refractivity contribution in [3.05, 3.63) is 41.5 Å². The average molecular weight is 399 g/mol. The van der Waals surface area contributed by atoms with Gasteiger partial charge in [0.15, 0.2) is 5.82 Å². The number of anilines is 2. The van der Waals surface area contributed by atoms with Crippen LogP contribution in [-0.4, -0.2) is 67.5 Å². The van der Waals surface area contributed by atoms with Gasteiger partial charge in [-0.2, -0.15) is 0 Å². The summed E-state index contributed by atoms with van der Waals surface area (Å²) in [6.45, 7) is 1.99. The lowest BCUT2D eigenvalue weighted by atomic mass is 10.1. The Kier molecular flexibility index (Phi) is 6.53. The second-order valence-electron chi connectivity index (χ2n) is 7.79. The summed E-state index contributed by atoms with van der Waals surface area (Å²) in [5, 5.41) is 5.81. The van der Waals surface area contributed by atoms with E-state index in [0.29, 0.717) is 30.3 Å². The van der Waals surface area contributed by atoms with Gasteiger partial charge in [0.2, 0.25) is 0 Å². The summed E-state index contributed by atoms with van der Waals surface area (Å²) in [7, 11) is 7.85. The lowest BCUT2D eigenvalue weighted by molar-refractivity contribution is 0.0945. The van der Waals surface area contributed by atoms with E-state index in [4.69, 9.17) is 0 Å². The van der Waals surface area contributed by atoms with Gasteiger partial charge >= 0.3 is 0 Å². The van der Waals surface area contributed by atoms with Crippen molar-refractivity contribution in [2.75, 3.05) is 51.5 Å². The molecular weight excluding hydrogens is 368 g/mol. The lowest BCUT2D eigenvalue weighted by Gasteiger charge is -2.17. The van der Waals surface area contributed by atoms with E-state index in [-0.39, 0.29) is 11.8 Å². The molecule has 1 aliphatic rings. The maximum absolute atomic E-state index is 12.9. The van der Waals surface area contributed by atoms with Crippen molar-refractivity contribution in [3.63, 3.8) is 0 Å². The van der Waals surface area contributed by atoms with Crippen LogP contribution in [0.25, 0.3) is 0 Å². The monoisotopic (exact) mass is 398 g/mol. The van der Waals surface area contributed by atoms with Crippen LogP contribution in [-0.2, 0) is 13.0 Å². The van der Waals surface area contributed by atoms with Gasteiger partial charge in [-0.25, -0.2) is 4.98 Å². The molecule has 0 bridgehead atoms. The Balaban J connectivity index is 1.78. The zero-order chi connectivity index (χ0) is 21.0. The first-order valence-electron chi connectivity index (χ1n) is 9.98. The molecule has 2 N–H and O–H groups in total. The highest BCUT2D eigenvalue weighted by Crippen LogP contribution is 2.22. The van der Waals surface area contributed by atoms with Gasteiger partial charge in [0.1, 0.15) is 5.69 Å². The molecule has 2 heterocycles. The number of rotatable bonds is 7. The Morgan fingerprint density at radius 3 is 2.45 bits per heavy atom. The van der Waals surface area contributed by atoms with Crippen LogP contribution >= 0.6 is 0 Å². The molecule has 0 fully saturated rings. The van der Waals surface area contributed by atoms with Gasteiger partial charge in [0, 0.05) is 45.1 Å². The normalized spacial score (nSPS) is 13.1. The highest BCUT2D eigenvalue weighted by atomic mass is 16.2. The van der Waals surface area contributed by atoms with E-state index < -0.39 is 0 Å². The molecule has 29 heavy (non-hydrogen) atoms. The van der Waals surface area contributed by atoms with Gasteiger partial charge in [0.25, 0.3) is 11.8 Å². The molecule has 0 unspecified atom stereocenters. The van der Waals surface area contributed by atoms with E-state index >= 15 is 0 Å². The number of nitrogens with zero attached hydrogens (tertiary/aromatic N) is 4. The molecule has 1 aromatic carbocycles. The first kappa shape index (κ1) is 20.9. The van der Waals surface area contributed by atoms with Gasteiger partial charge < -0.3 is 25.0 Å². The number of imidazole rings is 1. The fourth-order valence-corrected chi connectivity index (χ4v) is 3.40. The van der Waals surface area contributed by atoms with Gasteiger partial charge in [-0.1, -0.05) is 0 Å². The van der Waals surface area contributed by atoms with Crippen molar-refractivity contribution < 1.29 is 9.59 Å². The number of carbonyl (C=O) groups excluding carboxylic acids is 2. The number of nitrogens with one attached hydrogen (secondary N) is 2. The minimum atomic E-state index is -0.293. The topological polar surface area (TPSA) is 82.5 Å². The van der Waals surface area contributed by atoms with E-state index in [0.717, 1.165) is 37.2 Å². The lowest BCUT2D eigenvalue weighted by Crippen LogP contribution is -2.32. The third-order valence-corrected chi connectivity index (χ3v) is 5.02. The molecule has 0 radical (unpaired) electrons. The number of hydrogen-bond donors (Lipinski definition) is 2. The summed E-state index contributed by atoms with van der Waals surface area (Å²) in [4.78, 5) is 34.0. The van der Waals surface area contributed by atoms with Crippen molar-refractivity contribution in [3.8, 4) is 0 Å². The number of benzene rings is 1. The van der Waals surface area contributed by atoms with Crippen molar-refractivity contribution >= 4 is 23.2 Å². The van der Waals surface area contributed by atoms with Crippen molar-refractivity contribution in [1.82, 2.24) is 19.8 Å². The Morgan fingerprint density at radius 1 is 1.07 bits per heavy atom. The second kappa shape index (κ2) is 9.09. The first-order chi connectivity index (χ1) is 13.9. The summed E-state index contributed by atoms with van der Waals surface area (Å²) >= 11 is 0. The molecule has 0 saturated heterocycles. The largest absolute Gasteiger partial charge is 0.378 e. The molecule has 0 saturated carbocycles. The van der Waals surface area contributed by atoms with Crippen LogP contribution in [0.3, 0.4) is 0 Å². The highest BCUT2D eigenvalue weighted by molar-refractivity contribution is 6.03. The first-order valence-corrected chi connectivity index (χ1v) is 9.98. The number of hydrogen-bond acceptors (Lipinski definition) is 5. The molecular formula is C21H30N6O2. The average Bonchev–Trinajstić information content (AvgIpc) is 3.08. The van der Waals surface area contributed by atoms with Crippen LogP contribution in [0.2, 0.25) is 0 Å². The van der Waals surface area contributed by atoms with Gasteiger partial charge in [-0.3, -0.25) is 9.59 Å². The molecule has 2 aromatic rings. The smallest absolute Gasteiger partial charge is 0.291 e. The highest BCUT2D eigenvalue weighted by Gasteiger charge is 2.27. The Labute approximate surface area is 171 Å². The molecule has 1 aromatic heterocycles. The number of aromatic nitrogens is 2. The summed E-state index contributed by atoms with van der Waals surface area (Å²) in [5.74, 6) is -0.209. The molecule has 156 valence electrons. The quantitative estimate of drug-likeness (QED) is 0.744. The minimum Gasteiger partial charge on any atom is -0.378 e. The molecule has 2 amide bonds. The van der Waals surface area contributed by atoms with E-state index in [1.165, 1.54) is 0 Å². The Bertz CT molecular complexity index is 870. The maximum atomic E-state index is 12.9. The predicted octanol–water partition coefficient (Wildman–Crippen LogP) is 1.83. The summed E-state index contributed by atoms with van der Waals surface area (Å²) in [6.07, 6.45) is 2.73. The zero-order valence-corrected chi connectivity index (χ0v) is 17.7. The van der Waals surface area contributed by atoms with Gasteiger partial charge in [0.05, 0.1) is 5.69 Å². The molecule has 8 nitrogen and oxygen atoms in total. The summed E-state index contributed by atoms with van der Waals surface area (Å²) < 4.78 is 1.90. The number of likely N-dealkylation sites (N-methyl/N-ethyl adjacent to an activating group) is 1. The van der Waals surface area contributed by atoms with Gasteiger partial charge in [-0.15, -0.1) is 0 Å². The fraction of sp³-hybridized carbons (Fsp3) is 0.476. The molecule has 0 aliphatic carbocycles. The molecule has 3 rings (SSSR count). The van der Waals surface area contributed by atoms with Crippen LogP contribution in [0.5, 0.6) is 0 Å². The minimum absolute atomic E-state index is 0.216. The van der Waals surface area contributed by atoms with Gasteiger partial charge in [-0.05, 0) is 57.6 Å². The summed E-state index contributed by atoms with van der Waals surface area (Å²) in [6, 6.07) is 7.62. The van der Waals surface area contributed by atoms with Crippen molar-refractivity contribution in [1.29, 1.82) is 0 Å². The zero-order valence-electron chi connectivity index (χ0n) is 17.7. The molecule has 8 heteroatoms.